The zero-order valence-corrected chi connectivity index (χ0v) is 14.4. The lowest BCUT2D eigenvalue weighted by atomic mass is 10.1. The summed E-state index contributed by atoms with van der Waals surface area (Å²) in [6.45, 7) is 4.68. The van der Waals surface area contributed by atoms with Crippen LogP contribution in [0.5, 0.6) is 5.75 Å². The van der Waals surface area contributed by atoms with Gasteiger partial charge in [-0.05, 0) is 58.2 Å². The topological polar surface area (TPSA) is 21.3 Å². The third-order valence-electron chi connectivity index (χ3n) is 3.07. The van der Waals surface area contributed by atoms with E-state index < -0.39 is 0 Å². The third-order valence-corrected chi connectivity index (χ3v) is 3.92. The number of nitrogens with one attached hydrogen (secondary N) is 1. The zero-order valence-electron chi connectivity index (χ0n) is 12.0. The minimum absolute atomic E-state index is 0.545. The monoisotopic (exact) mass is 367 g/mol. The van der Waals surface area contributed by atoms with Gasteiger partial charge in [0.05, 0.1) is 4.47 Å². The standard InChI is InChI=1S/C17H19BrClNO/c1-2-9-20-11-13-3-5-14(6-4-13)12-21-17-8-7-15(19)10-16(17)18/h3-8,10,20H,2,9,11-12H2,1H3. The van der Waals surface area contributed by atoms with Gasteiger partial charge in [-0.1, -0.05) is 42.8 Å². The van der Waals surface area contributed by atoms with Crippen molar-refractivity contribution in [1.29, 1.82) is 0 Å². The molecule has 0 atom stereocenters. The Morgan fingerprint density at radius 1 is 1.10 bits per heavy atom. The maximum atomic E-state index is 5.91. The molecule has 0 amide bonds. The lowest BCUT2D eigenvalue weighted by Gasteiger charge is -2.09. The predicted molar refractivity (Wildman–Crippen MR) is 91.9 cm³/mol. The van der Waals surface area contributed by atoms with Crippen LogP contribution in [-0.2, 0) is 13.2 Å². The Labute approximate surface area is 139 Å². The molecule has 0 aliphatic heterocycles. The number of benzene rings is 2. The molecule has 0 aromatic heterocycles. The van der Waals surface area contributed by atoms with Crippen LogP contribution in [0.3, 0.4) is 0 Å². The lowest BCUT2D eigenvalue weighted by molar-refractivity contribution is 0.304. The van der Waals surface area contributed by atoms with Crippen LogP contribution in [0.1, 0.15) is 24.5 Å². The first-order valence-corrected chi connectivity index (χ1v) is 8.22. The zero-order chi connectivity index (χ0) is 15.1. The van der Waals surface area contributed by atoms with Crippen molar-refractivity contribution in [2.45, 2.75) is 26.5 Å². The van der Waals surface area contributed by atoms with Crippen LogP contribution in [0.4, 0.5) is 0 Å². The summed E-state index contributed by atoms with van der Waals surface area (Å²) in [6.07, 6.45) is 1.15. The van der Waals surface area contributed by atoms with Crippen molar-refractivity contribution < 1.29 is 4.74 Å². The van der Waals surface area contributed by atoms with Crippen molar-refractivity contribution in [3.63, 3.8) is 0 Å². The third kappa shape index (κ3) is 5.34. The summed E-state index contributed by atoms with van der Waals surface area (Å²) in [6, 6.07) is 14.0. The van der Waals surface area contributed by atoms with E-state index in [9.17, 15) is 0 Å². The molecular formula is C17H19BrClNO. The number of ether oxygens (including phenoxy) is 1. The summed E-state index contributed by atoms with van der Waals surface area (Å²) in [5.74, 6) is 0.799. The van der Waals surface area contributed by atoms with Gasteiger partial charge in [0.15, 0.2) is 0 Å². The van der Waals surface area contributed by atoms with Crippen LogP contribution in [0.25, 0.3) is 0 Å². The van der Waals surface area contributed by atoms with Gasteiger partial charge in [0, 0.05) is 11.6 Å². The largest absolute Gasteiger partial charge is 0.488 e. The predicted octanol–water partition coefficient (Wildman–Crippen LogP) is 5.18. The molecule has 2 aromatic rings. The van der Waals surface area contributed by atoms with E-state index in [1.54, 1.807) is 0 Å². The molecule has 0 spiro atoms. The highest BCUT2D eigenvalue weighted by Crippen LogP contribution is 2.28. The van der Waals surface area contributed by atoms with E-state index in [1.165, 1.54) is 5.56 Å². The summed E-state index contributed by atoms with van der Waals surface area (Å²) < 4.78 is 6.67. The maximum Gasteiger partial charge on any atom is 0.134 e. The Bertz CT molecular complexity index is 572. The first kappa shape index (κ1) is 16.3. The molecule has 1 N–H and O–H groups in total. The SMILES string of the molecule is CCCNCc1ccc(COc2ccc(Cl)cc2Br)cc1. The number of rotatable bonds is 7. The fourth-order valence-corrected chi connectivity index (χ4v) is 2.71. The van der Waals surface area contributed by atoms with Gasteiger partial charge in [0.25, 0.3) is 0 Å². The summed E-state index contributed by atoms with van der Waals surface area (Å²) >= 11 is 9.36. The van der Waals surface area contributed by atoms with Crippen LogP contribution in [0.15, 0.2) is 46.9 Å². The average molecular weight is 369 g/mol. The van der Waals surface area contributed by atoms with Gasteiger partial charge in [-0.15, -0.1) is 0 Å². The van der Waals surface area contributed by atoms with Crippen LogP contribution >= 0.6 is 27.5 Å². The molecule has 112 valence electrons. The molecule has 0 aliphatic carbocycles. The number of halogens is 2. The Kier molecular flexibility index (Phi) is 6.55. The van der Waals surface area contributed by atoms with Crippen LogP contribution in [-0.4, -0.2) is 6.54 Å². The Morgan fingerprint density at radius 3 is 2.48 bits per heavy atom. The molecule has 0 unspecified atom stereocenters. The van der Waals surface area contributed by atoms with E-state index in [0.29, 0.717) is 11.6 Å². The average Bonchev–Trinajstić information content (AvgIpc) is 2.48. The molecule has 0 bridgehead atoms. The molecular weight excluding hydrogens is 350 g/mol. The minimum atomic E-state index is 0.545. The Hall–Kier alpha value is -1.03. The van der Waals surface area contributed by atoms with Gasteiger partial charge in [-0.2, -0.15) is 0 Å². The molecule has 0 fully saturated rings. The second-order valence-electron chi connectivity index (χ2n) is 4.86. The van der Waals surface area contributed by atoms with Gasteiger partial charge in [-0.3, -0.25) is 0 Å². The Morgan fingerprint density at radius 2 is 1.81 bits per heavy atom. The highest BCUT2D eigenvalue weighted by atomic mass is 79.9. The van der Waals surface area contributed by atoms with Crippen LogP contribution in [0.2, 0.25) is 5.02 Å². The number of hydrogen-bond acceptors (Lipinski definition) is 2. The summed E-state index contributed by atoms with van der Waals surface area (Å²) in [4.78, 5) is 0. The quantitative estimate of drug-likeness (QED) is 0.680. The minimum Gasteiger partial charge on any atom is -0.488 e. The van der Waals surface area contributed by atoms with Gasteiger partial charge in [0.2, 0.25) is 0 Å². The highest BCUT2D eigenvalue weighted by Gasteiger charge is 2.02. The summed E-state index contributed by atoms with van der Waals surface area (Å²) in [5.41, 5.74) is 2.44. The molecule has 2 nitrogen and oxygen atoms in total. The van der Waals surface area contributed by atoms with Crippen LogP contribution in [0, 0.1) is 0 Å². The Balaban J connectivity index is 1.88. The maximum absolute atomic E-state index is 5.91. The molecule has 0 aliphatic rings. The molecule has 0 heterocycles. The van der Waals surface area contributed by atoms with E-state index in [4.69, 9.17) is 16.3 Å². The van der Waals surface area contributed by atoms with E-state index in [-0.39, 0.29) is 0 Å². The lowest BCUT2D eigenvalue weighted by Crippen LogP contribution is -2.13. The molecule has 0 saturated carbocycles. The van der Waals surface area contributed by atoms with Gasteiger partial charge < -0.3 is 10.1 Å². The molecule has 2 rings (SSSR count). The van der Waals surface area contributed by atoms with E-state index >= 15 is 0 Å². The molecule has 2 aromatic carbocycles. The molecule has 0 radical (unpaired) electrons. The van der Waals surface area contributed by atoms with Crippen molar-refractivity contribution in [3.05, 3.63) is 63.1 Å². The van der Waals surface area contributed by atoms with Gasteiger partial charge in [0.1, 0.15) is 12.4 Å². The smallest absolute Gasteiger partial charge is 0.134 e. The van der Waals surface area contributed by atoms with Crippen molar-refractivity contribution in [2.24, 2.45) is 0 Å². The van der Waals surface area contributed by atoms with Crippen molar-refractivity contribution in [1.82, 2.24) is 5.32 Å². The first-order chi connectivity index (χ1) is 10.2. The summed E-state index contributed by atoms with van der Waals surface area (Å²) in [5, 5.41) is 4.08. The number of hydrogen-bond donors (Lipinski definition) is 1. The van der Waals surface area contributed by atoms with Gasteiger partial charge in [-0.25, -0.2) is 0 Å². The van der Waals surface area contributed by atoms with Crippen molar-refractivity contribution in [3.8, 4) is 5.75 Å². The van der Waals surface area contributed by atoms with E-state index in [1.807, 2.05) is 18.2 Å². The summed E-state index contributed by atoms with van der Waals surface area (Å²) in [7, 11) is 0. The normalized spacial score (nSPS) is 10.6. The van der Waals surface area contributed by atoms with Gasteiger partial charge >= 0.3 is 0 Å². The van der Waals surface area contributed by atoms with Crippen molar-refractivity contribution in [2.75, 3.05) is 6.54 Å². The fraction of sp³-hybridized carbons (Fsp3) is 0.294. The van der Waals surface area contributed by atoms with E-state index in [0.717, 1.165) is 35.3 Å². The first-order valence-electron chi connectivity index (χ1n) is 7.05. The fourth-order valence-electron chi connectivity index (χ4n) is 1.92. The second-order valence-corrected chi connectivity index (χ2v) is 6.15. The molecule has 21 heavy (non-hydrogen) atoms. The molecule has 0 saturated heterocycles. The highest BCUT2D eigenvalue weighted by molar-refractivity contribution is 9.10. The van der Waals surface area contributed by atoms with E-state index in [2.05, 4.69) is 52.4 Å². The molecule has 4 heteroatoms. The second kappa shape index (κ2) is 8.42. The van der Waals surface area contributed by atoms with Crippen LogP contribution < -0.4 is 10.1 Å². The van der Waals surface area contributed by atoms with Crippen molar-refractivity contribution >= 4 is 27.5 Å².